The SMILES string of the molecule is CCN(CCOC)C(C)C(=O)Nc1nncs1. The van der Waals surface area contributed by atoms with Gasteiger partial charge in [0, 0.05) is 13.7 Å². The molecular weight excluding hydrogens is 240 g/mol. The Morgan fingerprint density at radius 2 is 2.47 bits per heavy atom. The highest BCUT2D eigenvalue weighted by molar-refractivity contribution is 7.13. The van der Waals surface area contributed by atoms with Crippen LogP contribution in [0.2, 0.25) is 0 Å². The minimum absolute atomic E-state index is 0.0697. The van der Waals surface area contributed by atoms with Crippen molar-refractivity contribution in [3.8, 4) is 0 Å². The number of anilines is 1. The molecular formula is C10H18N4O2S. The van der Waals surface area contributed by atoms with E-state index in [2.05, 4.69) is 15.5 Å². The molecule has 1 atom stereocenters. The number of aromatic nitrogens is 2. The topological polar surface area (TPSA) is 67.3 Å². The van der Waals surface area contributed by atoms with Crippen molar-refractivity contribution in [1.29, 1.82) is 0 Å². The second kappa shape index (κ2) is 7.31. The standard InChI is InChI=1S/C10H18N4O2S/c1-4-14(5-6-16-3)8(2)9(15)12-10-13-11-7-17-10/h7-8H,4-6H2,1-3H3,(H,12,13,15). The molecule has 1 N–H and O–H groups in total. The average molecular weight is 258 g/mol. The predicted molar refractivity (Wildman–Crippen MR) is 67.1 cm³/mol. The first-order valence-electron chi connectivity index (χ1n) is 5.49. The number of ether oxygens (including phenoxy) is 1. The predicted octanol–water partition coefficient (Wildman–Crippen LogP) is 0.833. The molecule has 96 valence electrons. The molecule has 1 rings (SSSR count). The summed E-state index contributed by atoms with van der Waals surface area (Å²) < 4.78 is 5.02. The van der Waals surface area contributed by atoms with E-state index in [9.17, 15) is 4.79 Å². The third kappa shape index (κ3) is 4.37. The first-order valence-corrected chi connectivity index (χ1v) is 6.37. The molecule has 0 saturated carbocycles. The van der Waals surface area contributed by atoms with Gasteiger partial charge in [-0.1, -0.05) is 18.3 Å². The highest BCUT2D eigenvalue weighted by atomic mass is 32.1. The lowest BCUT2D eigenvalue weighted by Gasteiger charge is -2.25. The van der Waals surface area contributed by atoms with Gasteiger partial charge in [0.25, 0.3) is 0 Å². The summed E-state index contributed by atoms with van der Waals surface area (Å²) in [5, 5.41) is 10.7. The van der Waals surface area contributed by atoms with Gasteiger partial charge in [0.1, 0.15) is 5.51 Å². The number of nitrogens with one attached hydrogen (secondary N) is 1. The second-order valence-corrected chi connectivity index (χ2v) is 4.36. The van der Waals surface area contributed by atoms with E-state index in [0.29, 0.717) is 11.7 Å². The van der Waals surface area contributed by atoms with Crippen LogP contribution in [0.1, 0.15) is 13.8 Å². The Morgan fingerprint density at radius 3 is 3.00 bits per heavy atom. The summed E-state index contributed by atoms with van der Waals surface area (Å²) in [4.78, 5) is 14.0. The molecule has 0 saturated heterocycles. The molecule has 0 aliphatic heterocycles. The van der Waals surface area contributed by atoms with Crippen LogP contribution in [0.25, 0.3) is 0 Å². The third-order valence-electron chi connectivity index (χ3n) is 2.51. The lowest BCUT2D eigenvalue weighted by atomic mass is 10.2. The Balaban J connectivity index is 2.48. The number of carbonyl (C=O) groups excluding carboxylic acids is 1. The van der Waals surface area contributed by atoms with Crippen LogP contribution in [0.15, 0.2) is 5.51 Å². The van der Waals surface area contributed by atoms with Crippen LogP contribution in [-0.4, -0.2) is 53.9 Å². The summed E-state index contributed by atoms with van der Waals surface area (Å²) in [5.74, 6) is -0.0697. The maximum atomic E-state index is 11.9. The van der Waals surface area contributed by atoms with E-state index >= 15 is 0 Å². The molecule has 0 bridgehead atoms. The zero-order chi connectivity index (χ0) is 12.7. The second-order valence-electron chi connectivity index (χ2n) is 3.53. The molecule has 0 aromatic carbocycles. The van der Waals surface area contributed by atoms with E-state index in [1.165, 1.54) is 11.3 Å². The van der Waals surface area contributed by atoms with Gasteiger partial charge in [0.2, 0.25) is 11.0 Å². The molecule has 7 heteroatoms. The quantitative estimate of drug-likeness (QED) is 0.784. The molecule has 17 heavy (non-hydrogen) atoms. The molecule has 0 aliphatic carbocycles. The fourth-order valence-corrected chi connectivity index (χ4v) is 1.89. The van der Waals surface area contributed by atoms with Gasteiger partial charge < -0.3 is 4.74 Å². The molecule has 0 radical (unpaired) electrons. The molecule has 1 amide bonds. The number of likely N-dealkylation sites (N-methyl/N-ethyl adjacent to an activating group) is 1. The molecule has 0 spiro atoms. The first-order chi connectivity index (χ1) is 8.19. The summed E-state index contributed by atoms with van der Waals surface area (Å²) in [5.41, 5.74) is 1.59. The van der Waals surface area contributed by atoms with Gasteiger partial charge in [0.05, 0.1) is 12.6 Å². The largest absolute Gasteiger partial charge is 0.383 e. The summed E-state index contributed by atoms with van der Waals surface area (Å²) in [6.45, 7) is 6.04. The summed E-state index contributed by atoms with van der Waals surface area (Å²) in [6, 6.07) is -0.209. The Bertz CT molecular complexity index is 331. The lowest BCUT2D eigenvalue weighted by molar-refractivity contribution is -0.120. The number of rotatable bonds is 7. The van der Waals surface area contributed by atoms with Crippen LogP contribution < -0.4 is 5.32 Å². The van der Waals surface area contributed by atoms with Gasteiger partial charge in [-0.2, -0.15) is 0 Å². The summed E-state index contributed by atoms with van der Waals surface area (Å²) in [6.07, 6.45) is 0. The van der Waals surface area contributed by atoms with Crippen molar-refractivity contribution in [3.05, 3.63) is 5.51 Å². The Morgan fingerprint density at radius 1 is 1.71 bits per heavy atom. The highest BCUT2D eigenvalue weighted by Crippen LogP contribution is 2.09. The fraction of sp³-hybridized carbons (Fsp3) is 0.700. The normalized spacial score (nSPS) is 12.7. The third-order valence-corrected chi connectivity index (χ3v) is 3.11. The van der Waals surface area contributed by atoms with Crippen LogP contribution in [0.3, 0.4) is 0 Å². The van der Waals surface area contributed by atoms with Crippen molar-refractivity contribution in [3.63, 3.8) is 0 Å². The monoisotopic (exact) mass is 258 g/mol. The first kappa shape index (κ1) is 14.0. The maximum Gasteiger partial charge on any atom is 0.243 e. The van der Waals surface area contributed by atoms with E-state index < -0.39 is 0 Å². The van der Waals surface area contributed by atoms with Crippen molar-refractivity contribution in [2.45, 2.75) is 19.9 Å². The Kier molecular flexibility index (Phi) is 6.03. The lowest BCUT2D eigenvalue weighted by Crippen LogP contribution is -2.43. The number of hydrogen-bond acceptors (Lipinski definition) is 6. The van der Waals surface area contributed by atoms with Gasteiger partial charge in [0.15, 0.2) is 0 Å². The van der Waals surface area contributed by atoms with Crippen LogP contribution in [0.4, 0.5) is 5.13 Å². The molecule has 1 heterocycles. The molecule has 1 unspecified atom stereocenters. The summed E-state index contributed by atoms with van der Waals surface area (Å²) >= 11 is 1.31. The Labute approximate surface area is 105 Å². The Hall–Kier alpha value is -1.05. The van der Waals surface area contributed by atoms with Crippen LogP contribution in [0.5, 0.6) is 0 Å². The minimum Gasteiger partial charge on any atom is -0.383 e. The van der Waals surface area contributed by atoms with Crippen molar-refractivity contribution in [2.75, 3.05) is 32.1 Å². The highest BCUT2D eigenvalue weighted by Gasteiger charge is 2.20. The van der Waals surface area contributed by atoms with Crippen molar-refractivity contribution in [2.24, 2.45) is 0 Å². The van der Waals surface area contributed by atoms with Crippen LogP contribution >= 0.6 is 11.3 Å². The van der Waals surface area contributed by atoms with E-state index in [1.807, 2.05) is 18.7 Å². The number of nitrogens with zero attached hydrogens (tertiary/aromatic N) is 3. The van der Waals surface area contributed by atoms with Crippen LogP contribution in [-0.2, 0) is 9.53 Å². The van der Waals surface area contributed by atoms with Gasteiger partial charge in [-0.15, -0.1) is 10.2 Å². The molecule has 1 aromatic rings. The van der Waals surface area contributed by atoms with E-state index in [0.717, 1.165) is 13.1 Å². The molecule has 0 fully saturated rings. The zero-order valence-electron chi connectivity index (χ0n) is 10.3. The van der Waals surface area contributed by atoms with Crippen molar-refractivity contribution in [1.82, 2.24) is 15.1 Å². The fourth-order valence-electron chi connectivity index (χ4n) is 1.44. The van der Waals surface area contributed by atoms with E-state index in [-0.39, 0.29) is 11.9 Å². The van der Waals surface area contributed by atoms with Crippen molar-refractivity contribution >= 4 is 22.4 Å². The van der Waals surface area contributed by atoms with Crippen LogP contribution in [0, 0.1) is 0 Å². The minimum atomic E-state index is -0.209. The average Bonchev–Trinajstić information content (AvgIpc) is 2.82. The smallest absolute Gasteiger partial charge is 0.243 e. The maximum absolute atomic E-state index is 11.9. The van der Waals surface area contributed by atoms with Crippen molar-refractivity contribution < 1.29 is 9.53 Å². The van der Waals surface area contributed by atoms with Gasteiger partial charge >= 0.3 is 0 Å². The van der Waals surface area contributed by atoms with E-state index in [4.69, 9.17) is 4.74 Å². The van der Waals surface area contributed by atoms with Gasteiger partial charge in [-0.25, -0.2) is 0 Å². The van der Waals surface area contributed by atoms with Gasteiger partial charge in [-0.3, -0.25) is 15.0 Å². The van der Waals surface area contributed by atoms with Gasteiger partial charge in [-0.05, 0) is 13.5 Å². The molecule has 1 aromatic heterocycles. The summed E-state index contributed by atoms with van der Waals surface area (Å²) in [7, 11) is 1.65. The number of hydrogen-bond donors (Lipinski definition) is 1. The number of amides is 1. The molecule has 6 nitrogen and oxygen atoms in total. The number of methoxy groups -OCH3 is 1. The molecule has 0 aliphatic rings. The number of carbonyl (C=O) groups is 1. The zero-order valence-corrected chi connectivity index (χ0v) is 11.2. The van der Waals surface area contributed by atoms with E-state index in [1.54, 1.807) is 12.6 Å².